The summed E-state index contributed by atoms with van der Waals surface area (Å²) in [6.07, 6.45) is 0. The summed E-state index contributed by atoms with van der Waals surface area (Å²) in [5, 5.41) is 13.6. The zero-order valence-corrected chi connectivity index (χ0v) is 6.49. The summed E-state index contributed by atoms with van der Waals surface area (Å²) in [4.78, 5) is 8.36. The largest absolute Gasteiger partial charge is 3.00 e. The third kappa shape index (κ3) is 9900000. The van der Waals surface area contributed by atoms with E-state index in [0.29, 0.717) is 0 Å². The smallest absolute Gasteiger partial charge is 2.00 e. The second-order valence-corrected chi connectivity index (χ2v) is 0.238. The van der Waals surface area contributed by atoms with Gasteiger partial charge in [-0.25, -0.2) is 0 Å². The molecule has 0 aliphatic heterocycles. The fraction of sp³-hybridized carbons (Fsp3) is 0. The molecule has 0 atom stereocenters. The van der Waals surface area contributed by atoms with Crippen molar-refractivity contribution >= 4 is 26.2 Å². The summed E-state index contributed by atoms with van der Waals surface area (Å²) in [5.74, 6) is 0. The molecule has 0 heterocycles. The van der Waals surface area contributed by atoms with Crippen molar-refractivity contribution in [1.29, 1.82) is 0 Å². The summed E-state index contributed by atoms with van der Waals surface area (Å²) < 4.78 is 0. The molecule has 0 bridgehead atoms. The van der Waals surface area contributed by atoms with Gasteiger partial charge in [0.25, 0.3) is 5.09 Å². The van der Waals surface area contributed by atoms with Crippen molar-refractivity contribution in [2.75, 3.05) is 0 Å². The molecule has 2 radical (unpaired) electrons. The van der Waals surface area contributed by atoms with Gasteiger partial charge in [-0.2, -0.15) is 0 Å². The standard InChI is InChI=1S/Bi.HNO3.H2O.O/c;2-1(3)4;;/h;(H,2,3,4);1H2;/q+3;;;-2/p-1. The molecule has 0 aromatic carbocycles. The quantitative estimate of drug-likeness (QED) is 0.349. The average Bonchev–Trinajstić information content (AvgIpc) is 0.811. The van der Waals surface area contributed by atoms with E-state index in [-0.39, 0.29) is 37.2 Å². The molecule has 2 N–H and O–H groups in total. The Bertz CT molecular complexity index is 31.1. The van der Waals surface area contributed by atoms with E-state index in [1.807, 2.05) is 0 Å². The van der Waals surface area contributed by atoms with Crippen LogP contribution >= 0.6 is 0 Å². The van der Waals surface area contributed by atoms with Gasteiger partial charge in [-0.15, -0.1) is 10.1 Å². The molecule has 0 aromatic heterocycles. The minimum atomic E-state index is -1.50. The van der Waals surface area contributed by atoms with Gasteiger partial charge in [-0.05, 0) is 0 Å². The third-order valence-corrected chi connectivity index (χ3v) is 0. The fourth-order valence-corrected chi connectivity index (χ4v) is 0. The molecule has 0 aromatic rings. The van der Waals surface area contributed by atoms with Gasteiger partial charge in [0.1, 0.15) is 0 Å². The van der Waals surface area contributed by atoms with Gasteiger partial charge >= 0.3 is 26.2 Å². The molecule has 0 unspecified atom stereocenters. The first-order valence-electron chi connectivity index (χ1n) is 0.565. The molecule has 0 fully saturated rings. The van der Waals surface area contributed by atoms with Crippen molar-refractivity contribution < 1.29 is 21.2 Å². The summed E-state index contributed by atoms with van der Waals surface area (Å²) in [6.45, 7) is 0. The fourth-order valence-electron chi connectivity index (χ4n) is 0. The Hall–Kier alpha value is 0.00312. The Labute approximate surface area is 58.0 Å². The van der Waals surface area contributed by atoms with E-state index in [1.165, 1.54) is 0 Å². The van der Waals surface area contributed by atoms with Crippen LogP contribution in [-0.2, 0) is 5.48 Å². The van der Waals surface area contributed by atoms with Gasteiger partial charge in [0.05, 0.1) is 0 Å². The predicted molar refractivity (Wildman–Crippen MR) is 17.2 cm³/mol. The van der Waals surface area contributed by atoms with Crippen molar-refractivity contribution in [2.45, 2.75) is 0 Å². The van der Waals surface area contributed by atoms with Crippen molar-refractivity contribution in [3.63, 3.8) is 0 Å². The third-order valence-electron chi connectivity index (χ3n) is 0. The van der Waals surface area contributed by atoms with Crippen LogP contribution in [0.5, 0.6) is 0 Å². The van der Waals surface area contributed by atoms with Crippen LogP contribution < -0.4 is 0 Å². The summed E-state index contributed by atoms with van der Waals surface area (Å²) in [6, 6.07) is 0. The molecule has 0 rings (SSSR count). The van der Waals surface area contributed by atoms with Crippen molar-refractivity contribution in [3.8, 4) is 0 Å². The maximum absolute atomic E-state index is 8.36. The van der Waals surface area contributed by atoms with Crippen molar-refractivity contribution in [2.24, 2.45) is 0 Å². The second-order valence-electron chi connectivity index (χ2n) is 0.238. The first-order valence-corrected chi connectivity index (χ1v) is 0.565. The first kappa shape index (κ1) is 28.0. The van der Waals surface area contributed by atoms with Crippen LogP contribution in [0.25, 0.3) is 0 Å². The Balaban J connectivity index is -0.0000000150. The van der Waals surface area contributed by atoms with Gasteiger partial charge in [0.15, 0.2) is 0 Å². The predicted octanol–water partition coefficient (Wildman–Crippen LogP) is -1.02. The minimum absolute atomic E-state index is 0. The van der Waals surface area contributed by atoms with Crippen molar-refractivity contribution in [3.05, 3.63) is 10.1 Å². The Kier molecular flexibility index (Phi) is 66.6. The van der Waals surface area contributed by atoms with Crippen LogP contribution in [0.4, 0.5) is 0 Å². The van der Waals surface area contributed by atoms with Crippen LogP contribution in [0, 0.1) is 10.1 Å². The molecule has 7 heavy (non-hydrogen) atoms. The van der Waals surface area contributed by atoms with Crippen LogP contribution in [0.1, 0.15) is 0 Å². The summed E-state index contributed by atoms with van der Waals surface area (Å²) in [7, 11) is 0. The van der Waals surface area contributed by atoms with Gasteiger partial charge in [-0.3, -0.25) is 0 Å². The number of rotatable bonds is 0. The maximum atomic E-state index is 8.36. The van der Waals surface area contributed by atoms with Crippen LogP contribution in [0.15, 0.2) is 0 Å². The number of nitrogens with zero attached hydrogens (tertiary/aromatic N) is 1. The monoisotopic (exact) mass is 305 g/mol. The van der Waals surface area contributed by atoms with Gasteiger partial charge in [0.2, 0.25) is 0 Å². The Morgan fingerprint density at radius 3 is 1.57 bits per heavy atom. The van der Waals surface area contributed by atoms with Crippen LogP contribution in [-0.4, -0.2) is 42.0 Å². The van der Waals surface area contributed by atoms with E-state index in [1.54, 1.807) is 0 Å². The van der Waals surface area contributed by atoms with Crippen LogP contribution in [0.3, 0.4) is 0 Å². The summed E-state index contributed by atoms with van der Waals surface area (Å²) in [5.41, 5.74) is 0. The van der Waals surface area contributed by atoms with E-state index < -0.39 is 5.09 Å². The van der Waals surface area contributed by atoms with Crippen LogP contribution in [0.2, 0.25) is 0 Å². The normalized spacial score (nSPS) is 3.43. The molecule has 0 aliphatic rings. The molecule has 0 aliphatic carbocycles. The second kappa shape index (κ2) is 16.7. The van der Waals surface area contributed by atoms with E-state index >= 15 is 0 Å². The van der Waals surface area contributed by atoms with Gasteiger partial charge in [-0.1, -0.05) is 0 Å². The molecular formula is H2BiNO5. The molecular weight excluding hydrogens is 303 g/mol. The zero-order valence-electron chi connectivity index (χ0n) is 3.01. The Morgan fingerprint density at radius 1 is 1.57 bits per heavy atom. The number of hydrogen-bond acceptors (Lipinski definition) is 3. The van der Waals surface area contributed by atoms with E-state index in [0.717, 1.165) is 0 Å². The minimum Gasteiger partial charge on any atom is -2.00 e. The number of hydrogen-bond donors (Lipinski definition) is 1. The average molecular weight is 305 g/mol. The molecule has 6 nitrogen and oxygen atoms in total. The molecule has 0 saturated carbocycles. The van der Waals surface area contributed by atoms with E-state index in [4.69, 9.17) is 15.3 Å². The van der Waals surface area contributed by atoms with Gasteiger partial charge in [0, 0.05) is 0 Å². The zero-order chi connectivity index (χ0) is 3.58. The first-order chi connectivity index (χ1) is 1.73. The SMILES string of the molecule is O=[N+]([O-])O.[Bi+3].[O-2].[OH-]. The molecule has 0 spiro atoms. The summed E-state index contributed by atoms with van der Waals surface area (Å²) >= 11 is 0. The Morgan fingerprint density at radius 2 is 1.57 bits per heavy atom. The van der Waals surface area contributed by atoms with E-state index in [9.17, 15) is 0 Å². The maximum Gasteiger partial charge on any atom is 3.00 e. The van der Waals surface area contributed by atoms with E-state index in [2.05, 4.69) is 0 Å². The molecule has 7 heteroatoms. The molecule has 0 amide bonds. The molecule has 42 valence electrons. The molecule has 0 saturated heterocycles. The van der Waals surface area contributed by atoms with Gasteiger partial charge < -0.3 is 16.2 Å². The van der Waals surface area contributed by atoms with Crippen molar-refractivity contribution in [1.82, 2.24) is 0 Å². The topological polar surface area (TPSA) is 122 Å².